The minimum Gasteiger partial charge on any atom is -0.459 e. The number of hydrogen-bond donors (Lipinski definition) is 0. The summed E-state index contributed by atoms with van der Waals surface area (Å²) in [7, 11) is 0. The predicted octanol–water partition coefficient (Wildman–Crippen LogP) is 3.29. The molecular formula is C11H11BrF2O3. The highest BCUT2D eigenvalue weighted by Gasteiger charge is 2.44. The Hall–Kier alpha value is -1.17. The maximum Gasteiger partial charge on any atom is 0.502 e. The Morgan fingerprint density at radius 1 is 1.47 bits per heavy atom. The summed E-state index contributed by atoms with van der Waals surface area (Å²) in [5, 5.41) is 0. The van der Waals surface area contributed by atoms with Gasteiger partial charge in [-0.25, -0.2) is 4.79 Å². The zero-order chi connectivity index (χ0) is 13.1. The van der Waals surface area contributed by atoms with Crippen molar-refractivity contribution < 1.29 is 23.0 Å². The van der Waals surface area contributed by atoms with Crippen molar-refractivity contribution in [1.29, 1.82) is 0 Å². The van der Waals surface area contributed by atoms with Crippen molar-refractivity contribution in [2.75, 3.05) is 6.61 Å². The van der Waals surface area contributed by atoms with Gasteiger partial charge in [0.2, 0.25) is 0 Å². The van der Waals surface area contributed by atoms with E-state index in [0.717, 1.165) is 5.56 Å². The van der Waals surface area contributed by atoms with E-state index in [1.165, 1.54) is 13.0 Å². The molecule has 0 fully saturated rings. The third-order valence-corrected chi connectivity index (χ3v) is 2.46. The molecule has 0 aliphatic rings. The number of esters is 1. The highest BCUT2D eigenvalue weighted by atomic mass is 79.9. The average Bonchev–Trinajstić information content (AvgIpc) is 2.22. The summed E-state index contributed by atoms with van der Waals surface area (Å²) in [6.45, 7) is 3.11. The van der Waals surface area contributed by atoms with Crippen LogP contribution in [0.5, 0.6) is 5.75 Å². The summed E-state index contributed by atoms with van der Waals surface area (Å²) < 4.78 is 35.4. The van der Waals surface area contributed by atoms with Gasteiger partial charge < -0.3 is 9.47 Å². The molecule has 0 N–H and O–H groups in total. The van der Waals surface area contributed by atoms with Crippen LogP contribution in [0.1, 0.15) is 12.5 Å². The molecule has 0 radical (unpaired) electrons. The molecule has 0 bridgehead atoms. The SMILES string of the molecule is CCOC(=O)C(F)(F)Oc1ccc(C)cc1Br. The first kappa shape index (κ1) is 13.9. The normalized spacial score (nSPS) is 11.1. The van der Waals surface area contributed by atoms with E-state index in [4.69, 9.17) is 0 Å². The standard InChI is InChI=1S/C11H11BrF2O3/c1-3-16-10(15)11(13,14)17-9-5-4-7(2)6-8(9)12/h4-6H,3H2,1-2H3. The zero-order valence-electron chi connectivity index (χ0n) is 9.30. The van der Waals surface area contributed by atoms with E-state index in [1.54, 1.807) is 19.1 Å². The minimum atomic E-state index is -3.99. The fourth-order valence-electron chi connectivity index (χ4n) is 1.08. The van der Waals surface area contributed by atoms with E-state index >= 15 is 0 Å². The Labute approximate surface area is 106 Å². The highest BCUT2D eigenvalue weighted by molar-refractivity contribution is 9.10. The monoisotopic (exact) mass is 308 g/mol. The van der Waals surface area contributed by atoms with Gasteiger partial charge in [0.05, 0.1) is 11.1 Å². The van der Waals surface area contributed by atoms with E-state index < -0.39 is 12.1 Å². The molecule has 17 heavy (non-hydrogen) atoms. The number of benzene rings is 1. The molecule has 0 unspecified atom stereocenters. The van der Waals surface area contributed by atoms with Gasteiger partial charge in [0, 0.05) is 0 Å². The summed E-state index contributed by atoms with van der Waals surface area (Å²) in [5.41, 5.74) is 0.878. The number of rotatable bonds is 4. The number of alkyl halides is 2. The van der Waals surface area contributed by atoms with Crippen LogP contribution in [0.15, 0.2) is 22.7 Å². The smallest absolute Gasteiger partial charge is 0.459 e. The molecule has 0 aromatic heterocycles. The van der Waals surface area contributed by atoms with Crippen molar-refractivity contribution >= 4 is 21.9 Å². The topological polar surface area (TPSA) is 35.5 Å². The first-order valence-electron chi connectivity index (χ1n) is 4.87. The van der Waals surface area contributed by atoms with E-state index in [1.807, 2.05) is 0 Å². The molecule has 0 amide bonds. The fraction of sp³-hybridized carbons (Fsp3) is 0.364. The molecule has 3 nitrogen and oxygen atoms in total. The van der Waals surface area contributed by atoms with Gasteiger partial charge in [0.15, 0.2) is 0 Å². The molecule has 1 aromatic carbocycles. The van der Waals surface area contributed by atoms with Gasteiger partial charge in [-0.2, -0.15) is 8.78 Å². The molecule has 0 saturated carbocycles. The van der Waals surface area contributed by atoms with E-state index in [-0.39, 0.29) is 12.4 Å². The maximum atomic E-state index is 13.3. The summed E-state index contributed by atoms with van der Waals surface area (Å²) in [4.78, 5) is 10.9. The quantitative estimate of drug-likeness (QED) is 0.801. The summed E-state index contributed by atoms with van der Waals surface area (Å²) in [5.74, 6) is -1.82. The van der Waals surface area contributed by atoms with Crippen LogP contribution in [0.4, 0.5) is 8.78 Å². The van der Waals surface area contributed by atoms with Gasteiger partial charge >= 0.3 is 12.1 Å². The number of hydrogen-bond acceptors (Lipinski definition) is 3. The summed E-state index contributed by atoms with van der Waals surface area (Å²) >= 11 is 3.08. The van der Waals surface area contributed by atoms with Crippen molar-refractivity contribution in [1.82, 2.24) is 0 Å². The van der Waals surface area contributed by atoms with Crippen molar-refractivity contribution in [3.8, 4) is 5.75 Å². The second-order valence-corrected chi connectivity index (χ2v) is 4.13. The molecule has 0 aliphatic heterocycles. The van der Waals surface area contributed by atoms with Crippen LogP contribution in [-0.4, -0.2) is 18.7 Å². The highest BCUT2D eigenvalue weighted by Crippen LogP contribution is 2.30. The average molecular weight is 309 g/mol. The number of aryl methyl sites for hydroxylation is 1. The van der Waals surface area contributed by atoms with Crippen LogP contribution in [0.2, 0.25) is 0 Å². The Morgan fingerprint density at radius 3 is 2.65 bits per heavy atom. The van der Waals surface area contributed by atoms with Gasteiger partial charge in [0.25, 0.3) is 0 Å². The molecule has 0 aliphatic carbocycles. The van der Waals surface area contributed by atoms with Crippen molar-refractivity contribution in [3.63, 3.8) is 0 Å². The molecular weight excluding hydrogens is 298 g/mol. The Kier molecular flexibility index (Phi) is 4.45. The zero-order valence-corrected chi connectivity index (χ0v) is 10.9. The molecule has 94 valence electrons. The van der Waals surface area contributed by atoms with Gasteiger partial charge in [-0.3, -0.25) is 0 Å². The van der Waals surface area contributed by atoms with E-state index in [2.05, 4.69) is 25.4 Å². The maximum absolute atomic E-state index is 13.3. The predicted molar refractivity (Wildman–Crippen MR) is 61.1 cm³/mol. The molecule has 0 atom stereocenters. The number of halogens is 3. The van der Waals surface area contributed by atoms with Gasteiger partial charge in [-0.1, -0.05) is 6.07 Å². The van der Waals surface area contributed by atoms with Crippen molar-refractivity contribution in [2.45, 2.75) is 20.0 Å². The summed E-state index contributed by atoms with van der Waals surface area (Å²) in [6, 6.07) is 4.56. The third kappa shape index (κ3) is 3.66. The van der Waals surface area contributed by atoms with Crippen LogP contribution in [0, 0.1) is 6.92 Å². The van der Waals surface area contributed by atoms with Gasteiger partial charge in [-0.15, -0.1) is 0 Å². The largest absolute Gasteiger partial charge is 0.502 e. The van der Waals surface area contributed by atoms with Gasteiger partial charge in [0.1, 0.15) is 5.75 Å². The van der Waals surface area contributed by atoms with E-state index in [0.29, 0.717) is 4.47 Å². The minimum absolute atomic E-state index is 0.117. The van der Waals surface area contributed by atoms with Crippen molar-refractivity contribution in [2.24, 2.45) is 0 Å². The molecule has 1 rings (SSSR count). The molecule has 6 heteroatoms. The first-order chi connectivity index (χ1) is 7.86. The fourth-order valence-corrected chi connectivity index (χ4v) is 1.66. The lowest BCUT2D eigenvalue weighted by Gasteiger charge is -2.16. The Morgan fingerprint density at radius 2 is 2.12 bits per heavy atom. The Bertz CT molecular complexity index is 421. The van der Waals surface area contributed by atoms with Crippen molar-refractivity contribution in [3.05, 3.63) is 28.2 Å². The number of carbonyl (C=O) groups is 1. The van der Waals surface area contributed by atoms with Crippen LogP contribution < -0.4 is 4.74 Å². The lowest BCUT2D eigenvalue weighted by Crippen LogP contribution is -2.37. The second kappa shape index (κ2) is 5.44. The lowest BCUT2D eigenvalue weighted by molar-refractivity contribution is -0.216. The van der Waals surface area contributed by atoms with Crippen LogP contribution in [0.3, 0.4) is 0 Å². The second-order valence-electron chi connectivity index (χ2n) is 3.27. The molecule has 0 saturated heterocycles. The lowest BCUT2D eigenvalue weighted by atomic mass is 10.2. The van der Waals surface area contributed by atoms with Crippen LogP contribution in [0.25, 0.3) is 0 Å². The number of ether oxygens (including phenoxy) is 2. The van der Waals surface area contributed by atoms with E-state index in [9.17, 15) is 13.6 Å². The Balaban J connectivity index is 2.86. The summed E-state index contributed by atoms with van der Waals surface area (Å²) in [6.07, 6.45) is -3.99. The third-order valence-electron chi connectivity index (χ3n) is 1.84. The number of carbonyl (C=O) groups excluding carboxylic acids is 1. The van der Waals surface area contributed by atoms with Crippen LogP contribution >= 0.6 is 15.9 Å². The van der Waals surface area contributed by atoms with Crippen LogP contribution in [-0.2, 0) is 9.53 Å². The first-order valence-corrected chi connectivity index (χ1v) is 5.66. The molecule has 1 aromatic rings. The van der Waals surface area contributed by atoms with Gasteiger partial charge in [-0.05, 0) is 47.5 Å². The molecule has 0 spiro atoms. The molecule has 0 heterocycles.